The fraction of sp³-hybridized carbons (Fsp3) is 0.588. The minimum Gasteiger partial charge on any atom is -0.378 e. The van der Waals surface area contributed by atoms with Gasteiger partial charge in [-0.05, 0) is 24.6 Å². The molecular weight excluding hydrogens is 335 g/mol. The van der Waals surface area contributed by atoms with Gasteiger partial charge in [-0.1, -0.05) is 37.6 Å². The highest BCUT2D eigenvalue weighted by Gasteiger charge is 2.63. The van der Waals surface area contributed by atoms with Crippen LogP contribution in [-0.4, -0.2) is 36.1 Å². The molecule has 130 valence electrons. The third-order valence-electron chi connectivity index (χ3n) is 4.87. The molecule has 4 nitrogen and oxygen atoms in total. The van der Waals surface area contributed by atoms with Crippen molar-refractivity contribution in [2.24, 2.45) is 11.1 Å². The molecule has 1 amide bonds. The molecule has 0 radical (unpaired) electrons. The van der Waals surface area contributed by atoms with Crippen LogP contribution in [0.4, 0.5) is 0 Å². The normalized spacial score (nSPS) is 25.2. The molecule has 2 unspecified atom stereocenters. The topological polar surface area (TPSA) is 55.6 Å². The van der Waals surface area contributed by atoms with E-state index in [0.29, 0.717) is 24.6 Å². The summed E-state index contributed by atoms with van der Waals surface area (Å²) in [6.45, 7) is 7.09. The van der Waals surface area contributed by atoms with E-state index in [4.69, 9.17) is 22.1 Å². The number of rotatable bonds is 5. The number of hydrogen-bond acceptors (Lipinski definition) is 3. The molecular formula is C17H26Cl2N2O2. The van der Waals surface area contributed by atoms with E-state index in [0.717, 1.165) is 5.56 Å². The Bertz CT molecular complexity index is 565. The fourth-order valence-corrected chi connectivity index (χ4v) is 3.33. The van der Waals surface area contributed by atoms with Crippen molar-refractivity contribution in [3.63, 3.8) is 0 Å². The largest absolute Gasteiger partial charge is 0.378 e. The van der Waals surface area contributed by atoms with Crippen LogP contribution in [0.5, 0.6) is 0 Å². The quantitative estimate of drug-likeness (QED) is 0.876. The van der Waals surface area contributed by atoms with Crippen LogP contribution in [0.25, 0.3) is 0 Å². The van der Waals surface area contributed by atoms with Gasteiger partial charge in [0.1, 0.15) is 5.54 Å². The van der Waals surface area contributed by atoms with E-state index < -0.39 is 5.54 Å². The average molecular weight is 361 g/mol. The van der Waals surface area contributed by atoms with Gasteiger partial charge in [-0.25, -0.2) is 0 Å². The van der Waals surface area contributed by atoms with Crippen molar-refractivity contribution in [1.82, 2.24) is 4.90 Å². The standard InChI is InChI=1S/C17H25ClN2O2.ClH/c1-5-22-14-10-17(19,16(14,2)3)15(21)20(4)11-12-7-6-8-13(18)9-12;/h6-9,14H,5,10-11,19H2,1-4H3;1H. The minimum absolute atomic E-state index is 0. The predicted octanol–water partition coefficient (Wildman–Crippen LogP) is 3.25. The van der Waals surface area contributed by atoms with Crippen molar-refractivity contribution in [3.05, 3.63) is 34.9 Å². The molecule has 1 saturated carbocycles. The van der Waals surface area contributed by atoms with E-state index in [-0.39, 0.29) is 29.8 Å². The number of halogens is 2. The first-order chi connectivity index (χ1) is 10.2. The van der Waals surface area contributed by atoms with Crippen LogP contribution in [-0.2, 0) is 16.1 Å². The lowest BCUT2D eigenvalue weighted by atomic mass is 9.54. The molecule has 23 heavy (non-hydrogen) atoms. The Balaban J connectivity index is 0.00000264. The number of benzene rings is 1. The van der Waals surface area contributed by atoms with Crippen LogP contribution in [0.2, 0.25) is 5.02 Å². The molecule has 1 aromatic carbocycles. The summed E-state index contributed by atoms with van der Waals surface area (Å²) in [5, 5.41) is 0.668. The zero-order valence-corrected chi connectivity index (χ0v) is 15.7. The molecule has 1 aromatic rings. The highest BCUT2D eigenvalue weighted by molar-refractivity contribution is 6.30. The van der Waals surface area contributed by atoms with Crippen LogP contribution in [0.1, 0.15) is 32.8 Å². The zero-order valence-electron chi connectivity index (χ0n) is 14.1. The van der Waals surface area contributed by atoms with Crippen LogP contribution in [0.15, 0.2) is 24.3 Å². The van der Waals surface area contributed by atoms with Gasteiger partial charge in [0.15, 0.2) is 0 Å². The summed E-state index contributed by atoms with van der Waals surface area (Å²) in [4.78, 5) is 14.5. The predicted molar refractivity (Wildman–Crippen MR) is 95.9 cm³/mol. The number of nitrogens with zero attached hydrogens (tertiary/aromatic N) is 1. The first-order valence-electron chi connectivity index (χ1n) is 7.63. The summed E-state index contributed by atoms with van der Waals surface area (Å²) in [5.41, 5.74) is 6.18. The second-order valence-electron chi connectivity index (χ2n) is 6.63. The zero-order chi connectivity index (χ0) is 16.5. The summed E-state index contributed by atoms with van der Waals surface area (Å²) >= 11 is 5.99. The van der Waals surface area contributed by atoms with Crippen LogP contribution in [0, 0.1) is 5.41 Å². The Morgan fingerprint density at radius 2 is 2.13 bits per heavy atom. The van der Waals surface area contributed by atoms with Gasteiger partial charge >= 0.3 is 0 Å². The molecule has 0 saturated heterocycles. The van der Waals surface area contributed by atoms with Gasteiger partial charge in [-0.2, -0.15) is 0 Å². The van der Waals surface area contributed by atoms with Gasteiger partial charge in [0.05, 0.1) is 6.10 Å². The van der Waals surface area contributed by atoms with Crippen LogP contribution < -0.4 is 5.73 Å². The van der Waals surface area contributed by atoms with Crippen molar-refractivity contribution in [3.8, 4) is 0 Å². The van der Waals surface area contributed by atoms with Gasteiger partial charge in [0.25, 0.3) is 0 Å². The minimum atomic E-state index is -0.875. The van der Waals surface area contributed by atoms with Crippen LogP contribution >= 0.6 is 24.0 Å². The third-order valence-corrected chi connectivity index (χ3v) is 5.10. The van der Waals surface area contributed by atoms with Crippen molar-refractivity contribution in [2.45, 2.75) is 45.4 Å². The molecule has 0 aromatic heterocycles. The number of carbonyl (C=O) groups is 1. The van der Waals surface area contributed by atoms with E-state index in [2.05, 4.69) is 0 Å². The highest BCUT2D eigenvalue weighted by atomic mass is 35.5. The monoisotopic (exact) mass is 360 g/mol. The second-order valence-corrected chi connectivity index (χ2v) is 7.07. The molecule has 1 fully saturated rings. The lowest BCUT2D eigenvalue weighted by molar-refractivity contribution is -0.178. The van der Waals surface area contributed by atoms with Crippen LogP contribution in [0.3, 0.4) is 0 Å². The molecule has 0 bridgehead atoms. The fourth-order valence-electron chi connectivity index (χ4n) is 3.12. The molecule has 0 spiro atoms. The van der Waals surface area contributed by atoms with Gasteiger partial charge < -0.3 is 15.4 Å². The summed E-state index contributed by atoms with van der Waals surface area (Å²) in [7, 11) is 1.78. The number of carbonyl (C=O) groups excluding carboxylic acids is 1. The Kier molecular flexibility index (Phi) is 6.50. The maximum Gasteiger partial charge on any atom is 0.243 e. The molecule has 2 rings (SSSR count). The molecule has 0 aliphatic heterocycles. The second kappa shape index (κ2) is 7.39. The summed E-state index contributed by atoms with van der Waals surface area (Å²) in [5.74, 6) is -0.0478. The van der Waals surface area contributed by atoms with E-state index in [1.807, 2.05) is 45.0 Å². The lowest BCUT2D eigenvalue weighted by Crippen LogP contribution is -2.75. The molecule has 6 heteroatoms. The van der Waals surface area contributed by atoms with Gasteiger partial charge in [-0.15, -0.1) is 12.4 Å². The van der Waals surface area contributed by atoms with Crippen molar-refractivity contribution >= 4 is 29.9 Å². The van der Waals surface area contributed by atoms with Gasteiger partial charge in [-0.3, -0.25) is 4.79 Å². The van der Waals surface area contributed by atoms with E-state index in [1.165, 1.54) is 0 Å². The smallest absolute Gasteiger partial charge is 0.243 e. The number of amides is 1. The maximum atomic E-state index is 12.8. The molecule has 0 heterocycles. The first-order valence-corrected chi connectivity index (χ1v) is 8.00. The average Bonchev–Trinajstić information content (AvgIpc) is 2.46. The van der Waals surface area contributed by atoms with Crippen molar-refractivity contribution < 1.29 is 9.53 Å². The van der Waals surface area contributed by atoms with E-state index >= 15 is 0 Å². The molecule has 1 aliphatic carbocycles. The van der Waals surface area contributed by atoms with Gasteiger partial charge in [0.2, 0.25) is 5.91 Å². The Hall–Kier alpha value is -0.810. The van der Waals surface area contributed by atoms with Gasteiger partial charge in [0, 0.05) is 37.1 Å². The highest BCUT2D eigenvalue weighted by Crippen LogP contribution is 2.50. The summed E-state index contributed by atoms with van der Waals surface area (Å²) in [6, 6.07) is 7.52. The number of hydrogen-bond donors (Lipinski definition) is 1. The summed E-state index contributed by atoms with van der Waals surface area (Å²) < 4.78 is 5.68. The Morgan fingerprint density at radius 3 is 2.65 bits per heavy atom. The molecule has 2 atom stereocenters. The Labute approximate surface area is 149 Å². The van der Waals surface area contributed by atoms with Crippen molar-refractivity contribution in [2.75, 3.05) is 13.7 Å². The SMILES string of the molecule is CCOC1CC(N)(C(=O)N(C)Cc2cccc(Cl)c2)C1(C)C.Cl. The van der Waals surface area contributed by atoms with E-state index in [1.54, 1.807) is 11.9 Å². The lowest BCUT2D eigenvalue weighted by Gasteiger charge is -2.58. The number of nitrogens with two attached hydrogens (primary N) is 1. The van der Waals surface area contributed by atoms with E-state index in [9.17, 15) is 4.79 Å². The maximum absolute atomic E-state index is 12.8. The first kappa shape index (κ1) is 20.2. The molecule has 1 aliphatic rings. The summed E-state index contributed by atoms with van der Waals surface area (Å²) in [6.07, 6.45) is 0.595. The number of likely N-dealkylation sites (N-methyl/N-ethyl adjacent to an activating group) is 1. The number of ether oxygens (including phenoxy) is 1. The molecule has 2 N–H and O–H groups in total. The Morgan fingerprint density at radius 1 is 1.48 bits per heavy atom. The third kappa shape index (κ3) is 3.66. The van der Waals surface area contributed by atoms with Crippen molar-refractivity contribution in [1.29, 1.82) is 0 Å².